The largest absolute Gasteiger partial charge is 0.496 e. The highest BCUT2D eigenvalue weighted by molar-refractivity contribution is 9.10. The van der Waals surface area contributed by atoms with E-state index in [0.717, 1.165) is 19.5 Å². The number of fused-ring (bicyclic) bond motifs is 1. The van der Waals surface area contributed by atoms with Gasteiger partial charge in [0.25, 0.3) is 0 Å². The summed E-state index contributed by atoms with van der Waals surface area (Å²) in [6.45, 7) is 2.28. The van der Waals surface area contributed by atoms with Gasteiger partial charge in [0.1, 0.15) is 5.75 Å². The second-order valence-electron chi connectivity index (χ2n) is 5.19. The Labute approximate surface area is 127 Å². The van der Waals surface area contributed by atoms with Crippen molar-refractivity contribution in [1.82, 2.24) is 9.62 Å². The lowest BCUT2D eigenvalue weighted by atomic mass is 10.1. The van der Waals surface area contributed by atoms with Gasteiger partial charge in [0.2, 0.25) is 10.0 Å². The fourth-order valence-corrected chi connectivity index (χ4v) is 5.47. The smallest absolute Gasteiger partial charge is 0.243 e. The molecule has 1 aromatic rings. The van der Waals surface area contributed by atoms with Gasteiger partial charge in [-0.2, -0.15) is 4.31 Å². The maximum absolute atomic E-state index is 12.8. The maximum Gasteiger partial charge on any atom is 0.243 e. The number of hydrogen-bond acceptors (Lipinski definition) is 4. The van der Waals surface area contributed by atoms with Gasteiger partial charge < -0.3 is 10.1 Å². The number of nitrogens with zero attached hydrogens (tertiary/aromatic N) is 1. The van der Waals surface area contributed by atoms with E-state index in [1.54, 1.807) is 29.6 Å². The van der Waals surface area contributed by atoms with Gasteiger partial charge in [-0.05, 0) is 53.0 Å². The fourth-order valence-electron chi connectivity index (χ4n) is 3.05. The summed E-state index contributed by atoms with van der Waals surface area (Å²) < 4.78 is 33.0. The monoisotopic (exact) mass is 360 g/mol. The number of rotatable bonds is 3. The van der Waals surface area contributed by atoms with Crippen molar-refractivity contribution in [2.24, 2.45) is 5.92 Å². The van der Waals surface area contributed by atoms with Crippen LogP contribution in [0.2, 0.25) is 0 Å². The lowest BCUT2D eigenvalue weighted by Crippen LogP contribution is -2.39. The molecule has 0 unspecified atom stereocenters. The molecule has 0 radical (unpaired) electrons. The minimum absolute atomic E-state index is 0.0980. The Hall–Kier alpha value is -0.630. The molecule has 3 rings (SSSR count). The van der Waals surface area contributed by atoms with E-state index in [9.17, 15) is 8.42 Å². The van der Waals surface area contributed by atoms with Gasteiger partial charge in [-0.3, -0.25) is 0 Å². The summed E-state index contributed by atoms with van der Waals surface area (Å²) >= 11 is 3.34. The summed E-state index contributed by atoms with van der Waals surface area (Å²) in [5.74, 6) is 1.08. The summed E-state index contributed by atoms with van der Waals surface area (Å²) in [4.78, 5) is 0.317. The van der Waals surface area contributed by atoms with Gasteiger partial charge in [-0.15, -0.1) is 0 Å². The Balaban J connectivity index is 1.94. The average molecular weight is 361 g/mol. The third-order valence-corrected chi connectivity index (χ3v) is 6.66. The summed E-state index contributed by atoms with van der Waals surface area (Å²) in [6.07, 6.45) is 0.939. The van der Waals surface area contributed by atoms with Crippen LogP contribution in [0.1, 0.15) is 6.42 Å². The van der Waals surface area contributed by atoms with Crippen molar-refractivity contribution < 1.29 is 13.2 Å². The van der Waals surface area contributed by atoms with Crippen molar-refractivity contribution in [3.05, 3.63) is 22.7 Å². The van der Waals surface area contributed by atoms with Crippen LogP contribution in [0.5, 0.6) is 5.75 Å². The number of hydrogen-bond donors (Lipinski definition) is 1. The van der Waals surface area contributed by atoms with Crippen molar-refractivity contribution in [3.63, 3.8) is 0 Å². The summed E-state index contributed by atoms with van der Waals surface area (Å²) in [5, 5.41) is 3.27. The van der Waals surface area contributed by atoms with Crippen LogP contribution in [0.4, 0.5) is 0 Å². The van der Waals surface area contributed by atoms with Gasteiger partial charge >= 0.3 is 0 Å². The SMILES string of the molecule is COc1ccc(S(=O)(=O)N2CC[C@H]3CNC[C@H]32)cc1Br. The van der Waals surface area contributed by atoms with Gasteiger partial charge in [-0.1, -0.05) is 0 Å². The Bertz CT molecular complexity index is 620. The van der Waals surface area contributed by atoms with Crippen molar-refractivity contribution in [1.29, 1.82) is 0 Å². The highest BCUT2D eigenvalue weighted by Gasteiger charge is 2.43. The first-order valence-electron chi connectivity index (χ1n) is 6.60. The second-order valence-corrected chi connectivity index (χ2v) is 7.93. The van der Waals surface area contributed by atoms with E-state index in [1.807, 2.05) is 0 Å². The van der Waals surface area contributed by atoms with E-state index in [0.29, 0.717) is 27.6 Å². The standard InChI is InChI=1S/C13H17BrN2O3S/c1-19-13-3-2-10(6-11(13)14)20(17,18)16-5-4-9-7-15-8-12(9)16/h2-3,6,9,12,15H,4-5,7-8H2,1H3/t9-,12+/m0/s1. The molecule has 1 N–H and O–H groups in total. The molecule has 2 aliphatic rings. The molecule has 2 heterocycles. The average Bonchev–Trinajstić information content (AvgIpc) is 3.00. The normalized spacial score (nSPS) is 26.7. The minimum Gasteiger partial charge on any atom is -0.496 e. The first kappa shape index (κ1) is 14.3. The molecule has 0 amide bonds. The molecule has 0 bridgehead atoms. The number of halogens is 1. The molecule has 0 spiro atoms. The highest BCUT2D eigenvalue weighted by atomic mass is 79.9. The first-order chi connectivity index (χ1) is 9.54. The Morgan fingerprint density at radius 1 is 1.40 bits per heavy atom. The van der Waals surface area contributed by atoms with E-state index < -0.39 is 10.0 Å². The molecule has 2 aliphatic heterocycles. The minimum atomic E-state index is -3.43. The van der Waals surface area contributed by atoms with Gasteiger partial charge in [0.05, 0.1) is 16.5 Å². The Morgan fingerprint density at radius 3 is 2.90 bits per heavy atom. The maximum atomic E-state index is 12.8. The summed E-state index contributed by atoms with van der Waals surface area (Å²) in [6, 6.07) is 5.00. The molecule has 5 nitrogen and oxygen atoms in total. The third kappa shape index (κ3) is 2.26. The van der Waals surface area contributed by atoms with Crippen LogP contribution in [-0.2, 0) is 10.0 Å². The zero-order valence-corrected chi connectivity index (χ0v) is 13.6. The van der Waals surface area contributed by atoms with Gasteiger partial charge in [0.15, 0.2) is 0 Å². The zero-order valence-electron chi connectivity index (χ0n) is 11.2. The predicted octanol–water partition coefficient (Wildman–Crippen LogP) is 1.44. The molecule has 110 valence electrons. The molecular formula is C13H17BrN2O3S. The van der Waals surface area contributed by atoms with E-state index >= 15 is 0 Å². The predicted molar refractivity (Wildman–Crippen MR) is 79.4 cm³/mol. The number of methoxy groups -OCH3 is 1. The van der Waals surface area contributed by atoms with E-state index in [4.69, 9.17) is 4.74 Å². The first-order valence-corrected chi connectivity index (χ1v) is 8.83. The number of nitrogens with one attached hydrogen (secondary N) is 1. The highest BCUT2D eigenvalue weighted by Crippen LogP contribution is 2.34. The molecule has 20 heavy (non-hydrogen) atoms. The molecule has 1 aromatic carbocycles. The van der Waals surface area contributed by atoms with E-state index in [1.165, 1.54) is 0 Å². The lowest BCUT2D eigenvalue weighted by molar-refractivity contribution is 0.382. The van der Waals surface area contributed by atoms with Crippen molar-refractivity contribution in [2.75, 3.05) is 26.7 Å². The van der Waals surface area contributed by atoms with Crippen LogP contribution < -0.4 is 10.1 Å². The van der Waals surface area contributed by atoms with Crippen LogP contribution in [0.15, 0.2) is 27.6 Å². The Kier molecular flexibility index (Phi) is 3.79. The molecular weight excluding hydrogens is 344 g/mol. The number of benzene rings is 1. The molecule has 2 atom stereocenters. The Morgan fingerprint density at radius 2 is 2.20 bits per heavy atom. The molecule has 2 fully saturated rings. The summed E-state index contributed by atoms with van der Waals surface area (Å²) in [5.41, 5.74) is 0. The van der Waals surface area contributed by atoms with Gasteiger partial charge in [0, 0.05) is 19.1 Å². The van der Waals surface area contributed by atoms with E-state index in [2.05, 4.69) is 21.2 Å². The quantitative estimate of drug-likeness (QED) is 0.885. The molecule has 2 saturated heterocycles. The van der Waals surface area contributed by atoms with Crippen LogP contribution in [0.3, 0.4) is 0 Å². The zero-order chi connectivity index (χ0) is 14.3. The van der Waals surface area contributed by atoms with Gasteiger partial charge in [-0.25, -0.2) is 8.42 Å². The fraction of sp³-hybridized carbons (Fsp3) is 0.538. The van der Waals surface area contributed by atoms with Crippen molar-refractivity contribution >= 4 is 26.0 Å². The molecule has 7 heteroatoms. The van der Waals surface area contributed by atoms with Crippen LogP contribution in [0.25, 0.3) is 0 Å². The number of ether oxygens (including phenoxy) is 1. The molecule has 0 aromatic heterocycles. The third-order valence-electron chi connectivity index (χ3n) is 4.12. The molecule has 0 saturated carbocycles. The van der Waals surface area contributed by atoms with Crippen LogP contribution in [-0.4, -0.2) is 45.5 Å². The number of sulfonamides is 1. The lowest BCUT2D eigenvalue weighted by Gasteiger charge is -2.23. The van der Waals surface area contributed by atoms with Crippen LogP contribution >= 0.6 is 15.9 Å². The second kappa shape index (κ2) is 5.29. The van der Waals surface area contributed by atoms with Crippen molar-refractivity contribution in [2.45, 2.75) is 17.4 Å². The van der Waals surface area contributed by atoms with Crippen LogP contribution in [0, 0.1) is 5.92 Å². The van der Waals surface area contributed by atoms with E-state index in [-0.39, 0.29) is 6.04 Å². The topological polar surface area (TPSA) is 58.6 Å². The molecule has 0 aliphatic carbocycles. The summed E-state index contributed by atoms with van der Waals surface area (Å²) in [7, 11) is -1.87. The van der Waals surface area contributed by atoms with Crippen molar-refractivity contribution in [3.8, 4) is 5.75 Å².